The number of nitrogens with zero attached hydrogens (tertiary/aromatic N) is 1. The lowest BCUT2D eigenvalue weighted by atomic mass is 9.92. The molecule has 0 radical (unpaired) electrons. The van der Waals surface area contributed by atoms with E-state index in [1.165, 1.54) is 0 Å². The molecule has 0 fully saturated rings. The van der Waals surface area contributed by atoms with Crippen molar-refractivity contribution in [2.75, 3.05) is 11.9 Å². The molecule has 116 valence electrons. The Morgan fingerprint density at radius 3 is 2.82 bits per heavy atom. The van der Waals surface area contributed by atoms with Crippen LogP contribution in [0.25, 0.3) is 11.3 Å². The van der Waals surface area contributed by atoms with Crippen molar-refractivity contribution in [3.8, 4) is 11.3 Å². The highest BCUT2D eigenvalue weighted by Crippen LogP contribution is 2.27. The average molecular weight is 362 g/mol. The summed E-state index contributed by atoms with van der Waals surface area (Å²) in [5, 5.41) is 0.878. The van der Waals surface area contributed by atoms with Crippen molar-refractivity contribution in [1.29, 1.82) is 0 Å². The average Bonchev–Trinajstić information content (AvgIpc) is 2.57. The molecule has 2 rings (SSSR count). The lowest BCUT2D eigenvalue weighted by molar-refractivity contribution is -0.145. The van der Waals surface area contributed by atoms with Crippen LogP contribution >= 0.6 is 15.9 Å². The van der Waals surface area contributed by atoms with Gasteiger partial charge in [0.1, 0.15) is 0 Å². The Kier molecular flexibility index (Phi) is 6.59. The molecule has 2 aromatic rings. The second kappa shape index (κ2) is 8.69. The number of alkyl halides is 1. The minimum atomic E-state index is -0.221. The molecule has 22 heavy (non-hydrogen) atoms. The van der Waals surface area contributed by atoms with E-state index >= 15 is 0 Å². The fourth-order valence-electron chi connectivity index (χ4n) is 2.39. The van der Waals surface area contributed by atoms with Crippen LogP contribution < -0.4 is 0 Å². The Bertz CT molecular complexity index is 601. The summed E-state index contributed by atoms with van der Waals surface area (Å²) in [6, 6.07) is 13.8. The number of carbonyl (C=O) groups is 1. The predicted molar refractivity (Wildman–Crippen MR) is 92.1 cm³/mol. The third-order valence-electron chi connectivity index (χ3n) is 3.45. The minimum Gasteiger partial charge on any atom is -0.466 e. The fourth-order valence-corrected chi connectivity index (χ4v) is 2.72. The van der Waals surface area contributed by atoms with Crippen molar-refractivity contribution in [1.82, 2.24) is 4.98 Å². The maximum Gasteiger partial charge on any atom is 0.313 e. The first-order valence-corrected chi connectivity index (χ1v) is 8.62. The molecular weight excluding hydrogens is 342 g/mol. The summed E-state index contributed by atoms with van der Waals surface area (Å²) < 4.78 is 5.23. The van der Waals surface area contributed by atoms with Crippen molar-refractivity contribution in [3.05, 3.63) is 54.2 Å². The van der Waals surface area contributed by atoms with Gasteiger partial charge in [-0.3, -0.25) is 9.78 Å². The number of pyridine rings is 1. The number of halogens is 1. The zero-order valence-corrected chi connectivity index (χ0v) is 14.3. The van der Waals surface area contributed by atoms with Gasteiger partial charge in [-0.25, -0.2) is 0 Å². The van der Waals surface area contributed by atoms with Crippen LogP contribution in [0.3, 0.4) is 0 Å². The van der Waals surface area contributed by atoms with Gasteiger partial charge in [-0.05, 0) is 43.5 Å². The molecule has 4 heteroatoms. The van der Waals surface area contributed by atoms with Gasteiger partial charge < -0.3 is 4.74 Å². The quantitative estimate of drug-likeness (QED) is 0.535. The van der Waals surface area contributed by atoms with Crippen molar-refractivity contribution < 1.29 is 9.53 Å². The van der Waals surface area contributed by atoms with Gasteiger partial charge in [0, 0.05) is 17.1 Å². The standard InChI is InChI=1S/C18H20BrNO2/c1-2-22-18(21)16(9-6-11-19)14-7-5-8-15(13-14)17-10-3-4-12-20-17/h3-5,7-8,10,12-13,16H,2,6,9,11H2,1H3/t16-/m0/s1. The van der Waals surface area contributed by atoms with Crippen LogP contribution in [0.5, 0.6) is 0 Å². The maximum absolute atomic E-state index is 12.2. The maximum atomic E-state index is 12.2. The van der Waals surface area contributed by atoms with Gasteiger partial charge in [0.2, 0.25) is 0 Å². The highest BCUT2D eigenvalue weighted by molar-refractivity contribution is 9.09. The highest BCUT2D eigenvalue weighted by Gasteiger charge is 2.21. The van der Waals surface area contributed by atoms with Gasteiger partial charge in [-0.1, -0.05) is 40.2 Å². The van der Waals surface area contributed by atoms with Crippen LogP contribution in [0.4, 0.5) is 0 Å². The van der Waals surface area contributed by atoms with Crippen LogP contribution in [-0.4, -0.2) is 22.9 Å². The zero-order valence-electron chi connectivity index (χ0n) is 12.7. The van der Waals surface area contributed by atoms with Crippen LogP contribution in [0, 0.1) is 0 Å². The largest absolute Gasteiger partial charge is 0.466 e. The van der Waals surface area contributed by atoms with E-state index in [0.717, 1.165) is 35.0 Å². The molecule has 0 unspecified atom stereocenters. The van der Waals surface area contributed by atoms with Gasteiger partial charge >= 0.3 is 5.97 Å². The molecule has 1 aromatic carbocycles. The molecule has 1 heterocycles. The Hall–Kier alpha value is -1.68. The number of benzene rings is 1. The number of hydrogen-bond donors (Lipinski definition) is 0. The predicted octanol–water partition coefficient (Wildman–Crippen LogP) is 4.57. The first-order chi connectivity index (χ1) is 10.8. The molecule has 1 aromatic heterocycles. The van der Waals surface area contributed by atoms with E-state index in [0.29, 0.717) is 6.61 Å². The zero-order chi connectivity index (χ0) is 15.8. The third-order valence-corrected chi connectivity index (χ3v) is 4.01. The molecule has 0 amide bonds. The summed E-state index contributed by atoms with van der Waals surface area (Å²) in [5.41, 5.74) is 2.92. The van der Waals surface area contributed by atoms with Crippen LogP contribution in [0.2, 0.25) is 0 Å². The lowest BCUT2D eigenvalue weighted by Gasteiger charge is -2.16. The molecule has 0 bridgehead atoms. The SMILES string of the molecule is CCOC(=O)[C@@H](CCCBr)c1cccc(-c2ccccn2)c1. The normalized spacial score (nSPS) is 11.9. The number of carbonyl (C=O) groups excluding carboxylic acids is 1. The van der Waals surface area contributed by atoms with E-state index in [-0.39, 0.29) is 11.9 Å². The lowest BCUT2D eigenvalue weighted by Crippen LogP contribution is -2.16. The first-order valence-electron chi connectivity index (χ1n) is 7.50. The molecular formula is C18H20BrNO2. The summed E-state index contributed by atoms with van der Waals surface area (Å²) in [6.45, 7) is 2.24. The van der Waals surface area contributed by atoms with Gasteiger partial charge in [0.15, 0.2) is 0 Å². The Balaban J connectivity index is 2.29. The van der Waals surface area contributed by atoms with E-state index in [4.69, 9.17) is 4.74 Å². The molecule has 0 saturated carbocycles. The number of esters is 1. The molecule has 0 aliphatic heterocycles. The number of hydrogen-bond acceptors (Lipinski definition) is 3. The van der Waals surface area contributed by atoms with E-state index in [1.807, 2.05) is 49.4 Å². The van der Waals surface area contributed by atoms with Crippen LogP contribution in [0.1, 0.15) is 31.2 Å². The minimum absolute atomic E-state index is 0.151. The molecule has 3 nitrogen and oxygen atoms in total. The highest BCUT2D eigenvalue weighted by atomic mass is 79.9. The van der Waals surface area contributed by atoms with Gasteiger partial charge in [-0.2, -0.15) is 0 Å². The van der Waals surface area contributed by atoms with E-state index < -0.39 is 0 Å². The molecule has 0 saturated heterocycles. The molecule has 1 atom stereocenters. The first kappa shape index (κ1) is 16.7. The summed E-state index contributed by atoms with van der Waals surface area (Å²) in [7, 11) is 0. The van der Waals surface area contributed by atoms with Gasteiger partial charge in [0.05, 0.1) is 18.2 Å². The Morgan fingerprint density at radius 1 is 1.27 bits per heavy atom. The van der Waals surface area contributed by atoms with Crippen molar-refractivity contribution >= 4 is 21.9 Å². The van der Waals surface area contributed by atoms with Crippen molar-refractivity contribution in [2.24, 2.45) is 0 Å². The van der Waals surface area contributed by atoms with Crippen molar-refractivity contribution in [2.45, 2.75) is 25.7 Å². The summed E-state index contributed by atoms with van der Waals surface area (Å²) in [4.78, 5) is 16.6. The smallest absolute Gasteiger partial charge is 0.313 e. The van der Waals surface area contributed by atoms with E-state index in [1.54, 1.807) is 6.20 Å². The second-order valence-corrected chi connectivity index (χ2v) is 5.77. The monoisotopic (exact) mass is 361 g/mol. The molecule has 0 N–H and O–H groups in total. The topological polar surface area (TPSA) is 39.2 Å². The molecule has 0 spiro atoms. The summed E-state index contributed by atoms with van der Waals surface area (Å²) in [6.07, 6.45) is 3.47. The summed E-state index contributed by atoms with van der Waals surface area (Å²) in [5.74, 6) is -0.372. The van der Waals surface area contributed by atoms with Crippen molar-refractivity contribution in [3.63, 3.8) is 0 Å². The van der Waals surface area contributed by atoms with Crippen LogP contribution in [-0.2, 0) is 9.53 Å². The third kappa shape index (κ3) is 4.41. The van der Waals surface area contributed by atoms with E-state index in [2.05, 4.69) is 20.9 Å². The van der Waals surface area contributed by atoms with Gasteiger partial charge in [0.25, 0.3) is 0 Å². The van der Waals surface area contributed by atoms with E-state index in [9.17, 15) is 4.79 Å². The second-order valence-electron chi connectivity index (χ2n) is 4.98. The summed E-state index contributed by atoms with van der Waals surface area (Å²) >= 11 is 3.43. The number of ether oxygens (including phenoxy) is 1. The molecule has 0 aliphatic carbocycles. The Morgan fingerprint density at radius 2 is 2.14 bits per heavy atom. The van der Waals surface area contributed by atoms with Gasteiger partial charge in [-0.15, -0.1) is 0 Å². The number of aromatic nitrogens is 1. The fraction of sp³-hybridized carbons (Fsp3) is 0.333. The van der Waals surface area contributed by atoms with Crippen LogP contribution in [0.15, 0.2) is 48.7 Å². The Labute approximate surface area is 139 Å². The number of rotatable bonds is 7. The molecule has 0 aliphatic rings.